The van der Waals surface area contributed by atoms with E-state index in [4.69, 9.17) is 11.6 Å². The van der Waals surface area contributed by atoms with E-state index in [1.807, 2.05) is 35.7 Å². The first-order chi connectivity index (χ1) is 6.83. The van der Waals surface area contributed by atoms with Crippen LogP contribution in [0.1, 0.15) is 12.0 Å². The molecule has 0 radical (unpaired) electrons. The molecule has 0 heterocycles. The maximum atomic E-state index is 5.80. The van der Waals surface area contributed by atoms with Crippen molar-refractivity contribution in [1.29, 1.82) is 0 Å². The van der Waals surface area contributed by atoms with Gasteiger partial charge in [0.1, 0.15) is 0 Å². The predicted molar refractivity (Wildman–Crippen MR) is 70.6 cm³/mol. The predicted octanol–water partition coefficient (Wildman–Crippen LogP) is 4.33. The molecule has 1 aromatic rings. The topological polar surface area (TPSA) is 0 Å². The largest absolute Gasteiger partial charge is 0.165 e. The highest BCUT2D eigenvalue weighted by Crippen LogP contribution is 2.16. The molecule has 0 atom stereocenters. The van der Waals surface area contributed by atoms with Crippen LogP contribution >= 0.6 is 35.1 Å². The van der Waals surface area contributed by atoms with Crippen molar-refractivity contribution in [3.05, 3.63) is 34.9 Å². The molecular weight excluding hydrogens is 232 g/mol. The standard InChI is InChI=1S/C11H15ClS2/c1-13-7-2-8-14-9-10-3-5-11(12)6-4-10/h3-6H,2,7-9H2,1H3. The Morgan fingerprint density at radius 3 is 2.50 bits per heavy atom. The fraction of sp³-hybridized carbons (Fsp3) is 0.455. The third-order valence-corrected chi connectivity index (χ3v) is 3.88. The van der Waals surface area contributed by atoms with Gasteiger partial charge in [-0.25, -0.2) is 0 Å². The van der Waals surface area contributed by atoms with E-state index in [1.54, 1.807) is 0 Å². The first-order valence-corrected chi connectivity index (χ1v) is 7.56. The summed E-state index contributed by atoms with van der Waals surface area (Å²) >= 11 is 9.72. The average Bonchev–Trinajstić information content (AvgIpc) is 2.21. The van der Waals surface area contributed by atoms with E-state index >= 15 is 0 Å². The molecule has 1 rings (SSSR count). The number of halogens is 1. The Labute approximate surface area is 99.8 Å². The molecule has 0 spiro atoms. The van der Waals surface area contributed by atoms with Crippen molar-refractivity contribution >= 4 is 35.1 Å². The Balaban J connectivity index is 2.15. The van der Waals surface area contributed by atoms with E-state index in [-0.39, 0.29) is 0 Å². The van der Waals surface area contributed by atoms with E-state index in [2.05, 4.69) is 18.4 Å². The molecule has 1 aromatic carbocycles. The number of thioether (sulfide) groups is 2. The van der Waals surface area contributed by atoms with Gasteiger partial charge in [-0.1, -0.05) is 23.7 Å². The third kappa shape index (κ3) is 5.18. The molecule has 0 nitrogen and oxygen atoms in total. The van der Waals surface area contributed by atoms with Crippen LogP contribution in [0.2, 0.25) is 5.02 Å². The maximum Gasteiger partial charge on any atom is 0.0406 e. The highest BCUT2D eigenvalue weighted by Gasteiger charge is 1.93. The van der Waals surface area contributed by atoms with Crippen LogP contribution in [0.5, 0.6) is 0 Å². The molecule has 0 amide bonds. The molecule has 0 unspecified atom stereocenters. The Hall–Kier alpha value is 0.210. The summed E-state index contributed by atoms with van der Waals surface area (Å²) in [5, 5.41) is 0.820. The minimum atomic E-state index is 0.820. The number of hydrogen-bond donors (Lipinski definition) is 0. The van der Waals surface area contributed by atoms with Crippen molar-refractivity contribution in [2.75, 3.05) is 17.8 Å². The van der Waals surface area contributed by atoms with Gasteiger partial charge >= 0.3 is 0 Å². The van der Waals surface area contributed by atoms with Crippen molar-refractivity contribution in [2.45, 2.75) is 12.2 Å². The van der Waals surface area contributed by atoms with Crippen molar-refractivity contribution in [3.63, 3.8) is 0 Å². The van der Waals surface area contributed by atoms with Crippen LogP contribution in [0, 0.1) is 0 Å². The summed E-state index contributed by atoms with van der Waals surface area (Å²) in [4.78, 5) is 0. The maximum absolute atomic E-state index is 5.80. The quantitative estimate of drug-likeness (QED) is 0.686. The third-order valence-electron chi connectivity index (χ3n) is 1.82. The van der Waals surface area contributed by atoms with Gasteiger partial charge in [0.25, 0.3) is 0 Å². The lowest BCUT2D eigenvalue weighted by molar-refractivity contribution is 1.12. The fourth-order valence-electron chi connectivity index (χ4n) is 1.08. The summed E-state index contributed by atoms with van der Waals surface area (Å²) in [6.07, 6.45) is 3.46. The summed E-state index contributed by atoms with van der Waals surface area (Å²) in [6.45, 7) is 0. The van der Waals surface area contributed by atoms with Gasteiger partial charge < -0.3 is 0 Å². The lowest BCUT2D eigenvalue weighted by Gasteiger charge is -2.01. The van der Waals surface area contributed by atoms with Gasteiger partial charge in [0.15, 0.2) is 0 Å². The minimum Gasteiger partial charge on any atom is -0.165 e. The Morgan fingerprint density at radius 1 is 1.14 bits per heavy atom. The fourth-order valence-corrected chi connectivity index (χ4v) is 2.74. The summed E-state index contributed by atoms with van der Waals surface area (Å²) < 4.78 is 0. The zero-order chi connectivity index (χ0) is 10.2. The van der Waals surface area contributed by atoms with Crippen molar-refractivity contribution in [2.24, 2.45) is 0 Å². The summed E-state index contributed by atoms with van der Waals surface area (Å²) in [6, 6.07) is 8.12. The van der Waals surface area contributed by atoms with Crippen LogP contribution < -0.4 is 0 Å². The molecular formula is C11H15ClS2. The second-order valence-electron chi connectivity index (χ2n) is 3.03. The molecule has 78 valence electrons. The smallest absolute Gasteiger partial charge is 0.0406 e. The highest BCUT2D eigenvalue weighted by molar-refractivity contribution is 7.99. The lowest BCUT2D eigenvalue weighted by atomic mass is 10.2. The number of hydrogen-bond acceptors (Lipinski definition) is 2. The van der Waals surface area contributed by atoms with Gasteiger partial charge in [0, 0.05) is 10.8 Å². The first kappa shape index (κ1) is 12.3. The van der Waals surface area contributed by atoms with Crippen molar-refractivity contribution in [1.82, 2.24) is 0 Å². The van der Waals surface area contributed by atoms with E-state index in [9.17, 15) is 0 Å². The molecule has 3 heteroatoms. The molecule has 14 heavy (non-hydrogen) atoms. The molecule has 0 aliphatic carbocycles. The van der Waals surface area contributed by atoms with Crippen LogP contribution in [0.15, 0.2) is 24.3 Å². The van der Waals surface area contributed by atoms with Gasteiger partial charge in [-0.3, -0.25) is 0 Å². The second-order valence-corrected chi connectivity index (χ2v) is 5.55. The lowest BCUT2D eigenvalue weighted by Crippen LogP contribution is -1.85. The van der Waals surface area contributed by atoms with Gasteiger partial charge in [-0.2, -0.15) is 23.5 Å². The monoisotopic (exact) mass is 246 g/mol. The molecule has 0 N–H and O–H groups in total. The zero-order valence-electron chi connectivity index (χ0n) is 8.33. The van der Waals surface area contributed by atoms with E-state index < -0.39 is 0 Å². The molecule has 0 saturated heterocycles. The van der Waals surface area contributed by atoms with Gasteiger partial charge in [-0.15, -0.1) is 0 Å². The van der Waals surface area contributed by atoms with Crippen molar-refractivity contribution < 1.29 is 0 Å². The molecule has 0 aliphatic heterocycles. The van der Waals surface area contributed by atoms with Crippen LogP contribution in [-0.2, 0) is 5.75 Å². The van der Waals surface area contributed by atoms with Crippen LogP contribution in [0.4, 0.5) is 0 Å². The van der Waals surface area contributed by atoms with Crippen LogP contribution in [0.3, 0.4) is 0 Å². The Morgan fingerprint density at radius 2 is 1.86 bits per heavy atom. The molecule has 0 aliphatic rings. The number of rotatable bonds is 6. The molecule has 0 fully saturated rings. The summed E-state index contributed by atoms with van der Waals surface area (Å²) in [5.41, 5.74) is 1.36. The SMILES string of the molecule is CSCCCSCc1ccc(Cl)cc1. The molecule has 0 aromatic heterocycles. The molecule has 0 bridgehead atoms. The highest BCUT2D eigenvalue weighted by atomic mass is 35.5. The van der Waals surface area contributed by atoms with Crippen LogP contribution in [-0.4, -0.2) is 17.8 Å². The zero-order valence-corrected chi connectivity index (χ0v) is 10.7. The Bertz CT molecular complexity index is 246. The van der Waals surface area contributed by atoms with Gasteiger partial charge in [0.2, 0.25) is 0 Å². The normalized spacial score (nSPS) is 10.4. The first-order valence-electron chi connectivity index (χ1n) is 4.64. The van der Waals surface area contributed by atoms with Crippen molar-refractivity contribution in [3.8, 4) is 0 Å². The molecule has 0 saturated carbocycles. The Kier molecular flexibility index (Phi) is 6.57. The summed E-state index contributed by atoms with van der Waals surface area (Å²) in [7, 11) is 0. The van der Waals surface area contributed by atoms with Gasteiger partial charge in [-0.05, 0) is 41.9 Å². The average molecular weight is 247 g/mol. The summed E-state index contributed by atoms with van der Waals surface area (Å²) in [5.74, 6) is 3.63. The van der Waals surface area contributed by atoms with Crippen LogP contribution in [0.25, 0.3) is 0 Å². The van der Waals surface area contributed by atoms with E-state index in [0.717, 1.165) is 10.8 Å². The van der Waals surface area contributed by atoms with Gasteiger partial charge in [0.05, 0.1) is 0 Å². The van der Waals surface area contributed by atoms with E-state index in [1.165, 1.54) is 23.5 Å². The number of benzene rings is 1. The minimum absolute atomic E-state index is 0.820. The van der Waals surface area contributed by atoms with E-state index in [0.29, 0.717) is 0 Å². The second kappa shape index (κ2) is 7.49.